The molecule has 1 aliphatic heterocycles. The molecule has 0 aliphatic carbocycles. The zero-order chi connectivity index (χ0) is 18.6. The number of amides is 2. The number of rotatable bonds is 4. The third-order valence-corrected chi connectivity index (χ3v) is 4.39. The van der Waals surface area contributed by atoms with Gasteiger partial charge in [0.15, 0.2) is 0 Å². The normalized spacial score (nSPS) is 15.4. The second kappa shape index (κ2) is 7.33. The van der Waals surface area contributed by atoms with E-state index in [4.69, 9.17) is 4.74 Å². The monoisotopic (exact) mass is 358 g/mol. The second-order valence-electron chi connectivity index (χ2n) is 6.32. The SMILES string of the molecule is O=C1NC(C(=O)Nc2cccc(Oc3ccccc3)c2)Cc2ccccc21. The second-order valence-corrected chi connectivity index (χ2v) is 6.32. The minimum atomic E-state index is -0.605. The number of nitrogens with one attached hydrogen (secondary N) is 2. The number of carbonyl (C=O) groups is 2. The molecule has 2 N–H and O–H groups in total. The van der Waals surface area contributed by atoms with Crippen LogP contribution < -0.4 is 15.4 Å². The zero-order valence-electron chi connectivity index (χ0n) is 14.5. The van der Waals surface area contributed by atoms with Gasteiger partial charge in [-0.2, -0.15) is 0 Å². The van der Waals surface area contributed by atoms with Gasteiger partial charge in [-0.3, -0.25) is 9.59 Å². The molecular weight excluding hydrogens is 340 g/mol. The Kier molecular flexibility index (Phi) is 4.58. The summed E-state index contributed by atoms with van der Waals surface area (Å²) in [5, 5.41) is 5.62. The van der Waals surface area contributed by atoms with Crippen molar-refractivity contribution < 1.29 is 14.3 Å². The van der Waals surface area contributed by atoms with Crippen LogP contribution in [0.25, 0.3) is 0 Å². The quantitative estimate of drug-likeness (QED) is 0.746. The number of ether oxygens (including phenoxy) is 1. The number of carbonyl (C=O) groups excluding carboxylic acids is 2. The fraction of sp³-hybridized carbons (Fsp3) is 0.0909. The van der Waals surface area contributed by atoms with Crippen LogP contribution in [0.1, 0.15) is 15.9 Å². The number of hydrogen-bond acceptors (Lipinski definition) is 3. The molecule has 0 saturated carbocycles. The minimum Gasteiger partial charge on any atom is -0.457 e. The lowest BCUT2D eigenvalue weighted by Crippen LogP contribution is -2.48. The Morgan fingerprint density at radius 3 is 2.52 bits per heavy atom. The van der Waals surface area contributed by atoms with Crippen LogP contribution in [-0.2, 0) is 11.2 Å². The van der Waals surface area contributed by atoms with Gasteiger partial charge in [-0.1, -0.05) is 42.5 Å². The van der Waals surface area contributed by atoms with E-state index in [2.05, 4.69) is 10.6 Å². The lowest BCUT2D eigenvalue weighted by molar-refractivity contribution is -0.118. The minimum absolute atomic E-state index is 0.224. The number of hydrogen-bond donors (Lipinski definition) is 2. The fourth-order valence-electron chi connectivity index (χ4n) is 3.08. The van der Waals surface area contributed by atoms with Crippen LogP contribution in [0.4, 0.5) is 5.69 Å². The fourth-order valence-corrected chi connectivity index (χ4v) is 3.08. The van der Waals surface area contributed by atoms with Crippen molar-refractivity contribution >= 4 is 17.5 Å². The summed E-state index contributed by atoms with van der Waals surface area (Å²) < 4.78 is 5.79. The van der Waals surface area contributed by atoms with Crippen molar-refractivity contribution in [3.63, 3.8) is 0 Å². The van der Waals surface area contributed by atoms with Gasteiger partial charge in [-0.05, 0) is 35.9 Å². The molecule has 0 spiro atoms. The summed E-state index contributed by atoms with van der Waals surface area (Å²) in [6.45, 7) is 0. The van der Waals surface area contributed by atoms with E-state index in [0.29, 0.717) is 23.4 Å². The predicted octanol–water partition coefficient (Wildman–Crippen LogP) is 3.77. The average molecular weight is 358 g/mol. The molecule has 27 heavy (non-hydrogen) atoms. The zero-order valence-corrected chi connectivity index (χ0v) is 14.5. The van der Waals surface area contributed by atoms with E-state index >= 15 is 0 Å². The molecule has 4 rings (SSSR count). The van der Waals surface area contributed by atoms with Gasteiger partial charge in [0.1, 0.15) is 17.5 Å². The van der Waals surface area contributed by atoms with Crippen LogP contribution >= 0.6 is 0 Å². The van der Waals surface area contributed by atoms with Gasteiger partial charge in [-0.15, -0.1) is 0 Å². The van der Waals surface area contributed by atoms with Crippen molar-refractivity contribution in [2.45, 2.75) is 12.5 Å². The Hall–Kier alpha value is -3.60. The highest BCUT2D eigenvalue weighted by atomic mass is 16.5. The van der Waals surface area contributed by atoms with E-state index in [-0.39, 0.29) is 11.8 Å². The van der Waals surface area contributed by atoms with E-state index in [9.17, 15) is 9.59 Å². The molecule has 0 fully saturated rings. The maximum absolute atomic E-state index is 12.6. The van der Waals surface area contributed by atoms with Crippen LogP contribution in [0.3, 0.4) is 0 Å². The molecule has 0 bridgehead atoms. The molecule has 5 heteroatoms. The smallest absolute Gasteiger partial charge is 0.252 e. The van der Waals surface area contributed by atoms with Crippen LogP contribution in [0.2, 0.25) is 0 Å². The first kappa shape index (κ1) is 16.8. The number of anilines is 1. The topological polar surface area (TPSA) is 67.4 Å². The maximum Gasteiger partial charge on any atom is 0.252 e. The van der Waals surface area contributed by atoms with Crippen LogP contribution in [0, 0.1) is 0 Å². The van der Waals surface area contributed by atoms with Gasteiger partial charge in [0.2, 0.25) is 5.91 Å². The van der Waals surface area contributed by atoms with Crippen molar-refractivity contribution in [1.82, 2.24) is 5.32 Å². The molecule has 0 saturated heterocycles. The molecule has 3 aromatic rings. The molecule has 1 heterocycles. The maximum atomic E-state index is 12.6. The highest BCUT2D eigenvalue weighted by molar-refractivity contribution is 6.03. The van der Waals surface area contributed by atoms with Gasteiger partial charge < -0.3 is 15.4 Å². The molecule has 0 radical (unpaired) electrons. The molecular formula is C22H18N2O3. The van der Waals surface area contributed by atoms with Gasteiger partial charge in [-0.25, -0.2) is 0 Å². The van der Waals surface area contributed by atoms with Gasteiger partial charge in [0.25, 0.3) is 5.91 Å². The Bertz CT molecular complexity index is 986. The summed E-state index contributed by atoms with van der Waals surface area (Å²) in [5.41, 5.74) is 2.11. The molecule has 2 amide bonds. The Morgan fingerprint density at radius 2 is 1.67 bits per heavy atom. The molecule has 1 aliphatic rings. The third kappa shape index (κ3) is 3.82. The van der Waals surface area contributed by atoms with Crippen molar-refractivity contribution in [2.24, 2.45) is 0 Å². The first-order chi connectivity index (χ1) is 13.2. The van der Waals surface area contributed by atoms with Crippen LogP contribution in [0.5, 0.6) is 11.5 Å². The molecule has 134 valence electrons. The van der Waals surface area contributed by atoms with Crippen molar-refractivity contribution in [2.75, 3.05) is 5.32 Å². The van der Waals surface area contributed by atoms with Crippen molar-refractivity contribution in [3.05, 3.63) is 90.0 Å². The van der Waals surface area contributed by atoms with Gasteiger partial charge >= 0.3 is 0 Å². The standard InChI is InChI=1S/C22H18N2O3/c25-21-19-12-5-4-7-15(19)13-20(24-21)22(26)23-16-8-6-11-18(14-16)27-17-9-2-1-3-10-17/h1-12,14,20H,13H2,(H,23,26)(H,24,25). The highest BCUT2D eigenvalue weighted by Gasteiger charge is 2.28. The van der Waals surface area contributed by atoms with E-state index < -0.39 is 6.04 Å². The molecule has 0 aromatic heterocycles. The molecule has 1 atom stereocenters. The van der Waals surface area contributed by atoms with Gasteiger partial charge in [0.05, 0.1) is 0 Å². The first-order valence-electron chi connectivity index (χ1n) is 8.72. The Balaban J connectivity index is 1.46. The van der Waals surface area contributed by atoms with E-state index in [1.807, 2.05) is 60.7 Å². The Morgan fingerprint density at radius 1 is 0.926 bits per heavy atom. The highest BCUT2D eigenvalue weighted by Crippen LogP contribution is 2.24. The summed E-state index contributed by atoms with van der Waals surface area (Å²) in [4.78, 5) is 24.8. The largest absolute Gasteiger partial charge is 0.457 e. The predicted molar refractivity (Wildman–Crippen MR) is 103 cm³/mol. The van der Waals surface area contributed by atoms with Crippen LogP contribution in [-0.4, -0.2) is 17.9 Å². The first-order valence-corrected chi connectivity index (χ1v) is 8.72. The number of fused-ring (bicyclic) bond motifs is 1. The summed E-state index contributed by atoms with van der Waals surface area (Å²) in [5.74, 6) is 0.863. The molecule has 3 aromatic carbocycles. The van der Waals surface area contributed by atoms with E-state index in [1.54, 1.807) is 18.2 Å². The van der Waals surface area contributed by atoms with E-state index in [0.717, 1.165) is 11.3 Å². The molecule has 5 nitrogen and oxygen atoms in total. The lowest BCUT2D eigenvalue weighted by atomic mass is 9.95. The average Bonchev–Trinajstić information content (AvgIpc) is 2.69. The summed E-state index contributed by atoms with van der Waals surface area (Å²) in [7, 11) is 0. The van der Waals surface area contributed by atoms with Crippen molar-refractivity contribution in [1.29, 1.82) is 0 Å². The summed E-state index contributed by atoms with van der Waals surface area (Å²) in [6, 6.07) is 23.3. The summed E-state index contributed by atoms with van der Waals surface area (Å²) in [6.07, 6.45) is 0.466. The number of para-hydroxylation sites is 1. The van der Waals surface area contributed by atoms with Crippen molar-refractivity contribution in [3.8, 4) is 11.5 Å². The molecule has 1 unspecified atom stereocenters. The van der Waals surface area contributed by atoms with E-state index in [1.165, 1.54) is 0 Å². The lowest BCUT2D eigenvalue weighted by Gasteiger charge is -2.24. The van der Waals surface area contributed by atoms with Gasteiger partial charge in [0, 0.05) is 23.7 Å². The Labute approximate surface area is 157 Å². The van der Waals surface area contributed by atoms with Crippen LogP contribution in [0.15, 0.2) is 78.9 Å². The number of benzene rings is 3. The third-order valence-electron chi connectivity index (χ3n) is 4.39. The summed E-state index contributed by atoms with van der Waals surface area (Å²) >= 11 is 0.